The smallest absolute Gasteiger partial charge is 0.193 e. The second-order valence-corrected chi connectivity index (χ2v) is 6.53. The summed E-state index contributed by atoms with van der Waals surface area (Å²) in [6.07, 6.45) is 3.47. The van der Waals surface area contributed by atoms with E-state index in [2.05, 4.69) is 36.8 Å². The van der Waals surface area contributed by atoms with Crippen molar-refractivity contribution < 1.29 is 9.47 Å². The molecule has 3 N–H and O–H groups in total. The minimum absolute atomic E-state index is 0.0229. The first-order chi connectivity index (χ1) is 12.9. The second kappa shape index (κ2) is 12.4. The molecule has 0 aromatic heterocycles. The summed E-state index contributed by atoms with van der Waals surface area (Å²) in [6, 6.07) is 4.15. The molecule has 0 bridgehead atoms. The Morgan fingerprint density at radius 2 is 2.00 bits per heavy atom. The fraction of sp³-hybridized carbons (Fsp3) is 0.476. The number of nitrogens with one attached hydrogen (secondary N) is 1. The fourth-order valence-electron chi connectivity index (χ4n) is 2.58. The van der Waals surface area contributed by atoms with Crippen LogP contribution in [-0.2, 0) is 11.2 Å². The van der Waals surface area contributed by atoms with Crippen molar-refractivity contribution in [1.82, 2.24) is 5.32 Å². The lowest BCUT2D eigenvalue weighted by atomic mass is 10.0. The van der Waals surface area contributed by atoms with Crippen LogP contribution in [0.5, 0.6) is 5.75 Å². The SMILES string of the molecule is C=C(/C=C(/CC)N=C(N)Cl)NCCOc1ccc(CCOCC)c(C)c1C. The van der Waals surface area contributed by atoms with Gasteiger partial charge in [-0.2, -0.15) is 0 Å². The van der Waals surface area contributed by atoms with Crippen molar-refractivity contribution in [2.75, 3.05) is 26.4 Å². The van der Waals surface area contributed by atoms with Gasteiger partial charge in [0, 0.05) is 24.5 Å². The lowest BCUT2D eigenvalue weighted by molar-refractivity contribution is 0.151. The molecule has 0 heterocycles. The number of amidine groups is 1. The highest BCUT2D eigenvalue weighted by atomic mass is 35.5. The van der Waals surface area contributed by atoms with E-state index in [0.717, 1.165) is 43.2 Å². The highest BCUT2D eigenvalue weighted by Gasteiger charge is 2.07. The average molecular weight is 394 g/mol. The maximum Gasteiger partial charge on any atom is 0.193 e. The van der Waals surface area contributed by atoms with E-state index in [-0.39, 0.29) is 5.29 Å². The Labute approximate surface area is 168 Å². The van der Waals surface area contributed by atoms with Crippen LogP contribution in [0.3, 0.4) is 0 Å². The number of ether oxygens (including phenoxy) is 2. The molecule has 5 nitrogen and oxygen atoms in total. The zero-order valence-electron chi connectivity index (χ0n) is 16.9. The quantitative estimate of drug-likeness (QED) is 0.183. The number of nitrogens with zero attached hydrogens (tertiary/aromatic N) is 1. The van der Waals surface area contributed by atoms with E-state index in [1.165, 1.54) is 16.7 Å². The Bertz CT molecular complexity index is 680. The molecule has 1 rings (SSSR count). The molecule has 0 saturated heterocycles. The molecule has 0 saturated carbocycles. The Hall–Kier alpha value is -1.98. The number of rotatable bonds is 12. The first kappa shape index (κ1) is 23.1. The first-order valence-corrected chi connectivity index (χ1v) is 9.69. The van der Waals surface area contributed by atoms with Crippen LogP contribution in [0.4, 0.5) is 0 Å². The largest absolute Gasteiger partial charge is 0.491 e. The number of halogens is 1. The molecule has 0 atom stereocenters. The van der Waals surface area contributed by atoms with Gasteiger partial charge in [0.1, 0.15) is 12.4 Å². The van der Waals surface area contributed by atoms with Gasteiger partial charge in [0.2, 0.25) is 0 Å². The second-order valence-electron chi connectivity index (χ2n) is 6.14. The summed E-state index contributed by atoms with van der Waals surface area (Å²) in [4.78, 5) is 4.05. The maximum atomic E-state index is 5.92. The van der Waals surface area contributed by atoms with Crippen LogP contribution in [0.1, 0.15) is 37.0 Å². The zero-order valence-corrected chi connectivity index (χ0v) is 17.7. The minimum Gasteiger partial charge on any atom is -0.491 e. The summed E-state index contributed by atoms with van der Waals surface area (Å²) in [5.74, 6) is 0.907. The fourth-order valence-corrected chi connectivity index (χ4v) is 2.69. The number of allylic oxidation sites excluding steroid dienone is 2. The van der Waals surface area contributed by atoms with Crippen LogP contribution < -0.4 is 15.8 Å². The summed E-state index contributed by atoms with van der Waals surface area (Å²) >= 11 is 5.61. The Morgan fingerprint density at radius 3 is 2.63 bits per heavy atom. The first-order valence-electron chi connectivity index (χ1n) is 9.31. The third-order valence-corrected chi connectivity index (χ3v) is 4.32. The van der Waals surface area contributed by atoms with Gasteiger partial charge < -0.3 is 20.5 Å². The molecule has 0 aliphatic carbocycles. The third-order valence-electron chi connectivity index (χ3n) is 4.23. The number of nitrogens with two attached hydrogens (primary N) is 1. The van der Waals surface area contributed by atoms with E-state index >= 15 is 0 Å². The molecule has 6 heteroatoms. The number of hydrogen-bond acceptors (Lipinski definition) is 4. The van der Waals surface area contributed by atoms with Crippen LogP contribution in [0.2, 0.25) is 0 Å². The molecule has 150 valence electrons. The van der Waals surface area contributed by atoms with Gasteiger partial charge in [0.25, 0.3) is 0 Å². The molecular weight excluding hydrogens is 362 g/mol. The van der Waals surface area contributed by atoms with Crippen LogP contribution in [0.15, 0.2) is 41.2 Å². The van der Waals surface area contributed by atoms with Crippen molar-refractivity contribution in [1.29, 1.82) is 0 Å². The van der Waals surface area contributed by atoms with E-state index in [4.69, 9.17) is 26.8 Å². The normalized spacial score (nSPS) is 12.2. The molecule has 0 unspecified atom stereocenters. The highest BCUT2D eigenvalue weighted by molar-refractivity contribution is 6.64. The number of benzene rings is 1. The summed E-state index contributed by atoms with van der Waals surface area (Å²) in [7, 11) is 0. The number of aliphatic imine (C=N–C) groups is 1. The van der Waals surface area contributed by atoms with Crippen molar-refractivity contribution in [2.45, 2.75) is 40.5 Å². The summed E-state index contributed by atoms with van der Waals surface area (Å²) < 4.78 is 11.4. The van der Waals surface area contributed by atoms with Crippen molar-refractivity contribution in [2.24, 2.45) is 10.7 Å². The van der Waals surface area contributed by atoms with E-state index in [0.29, 0.717) is 13.2 Å². The van der Waals surface area contributed by atoms with Gasteiger partial charge in [-0.05, 0) is 74.0 Å². The van der Waals surface area contributed by atoms with Crippen molar-refractivity contribution >= 4 is 16.9 Å². The van der Waals surface area contributed by atoms with E-state index in [1.54, 1.807) is 0 Å². The predicted octanol–water partition coefficient (Wildman–Crippen LogP) is 4.21. The minimum atomic E-state index is 0.0229. The molecule has 0 amide bonds. The molecule has 0 aliphatic heterocycles. The van der Waals surface area contributed by atoms with Crippen molar-refractivity contribution in [3.05, 3.63) is 52.9 Å². The van der Waals surface area contributed by atoms with E-state index < -0.39 is 0 Å². The molecule has 1 aromatic carbocycles. The van der Waals surface area contributed by atoms with Gasteiger partial charge in [0.05, 0.1) is 6.61 Å². The summed E-state index contributed by atoms with van der Waals surface area (Å²) in [6.45, 7) is 14.8. The maximum absolute atomic E-state index is 5.92. The lowest BCUT2D eigenvalue weighted by Gasteiger charge is -2.15. The average Bonchev–Trinajstić information content (AvgIpc) is 2.62. The molecule has 0 radical (unpaired) electrons. The van der Waals surface area contributed by atoms with Crippen molar-refractivity contribution in [3.63, 3.8) is 0 Å². The van der Waals surface area contributed by atoms with Crippen LogP contribution in [0.25, 0.3) is 0 Å². The predicted molar refractivity (Wildman–Crippen MR) is 115 cm³/mol. The van der Waals surface area contributed by atoms with Crippen LogP contribution in [-0.4, -0.2) is 31.7 Å². The highest BCUT2D eigenvalue weighted by Crippen LogP contribution is 2.24. The molecule has 27 heavy (non-hydrogen) atoms. The number of hydrogen-bond donors (Lipinski definition) is 2. The third kappa shape index (κ3) is 8.50. The Kier molecular flexibility index (Phi) is 10.6. The van der Waals surface area contributed by atoms with Gasteiger partial charge in [-0.1, -0.05) is 19.6 Å². The van der Waals surface area contributed by atoms with Gasteiger partial charge in [-0.15, -0.1) is 0 Å². The summed E-state index contributed by atoms with van der Waals surface area (Å²) in [5, 5.41) is 3.23. The Morgan fingerprint density at radius 1 is 1.26 bits per heavy atom. The lowest BCUT2D eigenvalue weighted by Crippen LogP contribution is -2.19. The van der Waals surface area contributed by atoms with Crippen LogP contribution in [0, 0.1) is 13.8 Å². The van der Waals surface area contributed by atoms with Gasteiger partial charge >= 0.3 is 0 Å². The van der Waals surface area contributed by atoms with E-state index in [1.807, 2.05) is 26.0 Å². The van der Waals surface area contributed by atoms with Gasteiger partial charge in [0.15, 0.2) is 5.29 Å². The molecule has 0 spiro atoms. The summed E-state index contributed by atoms with van der Waals surface area (Å²) in [5.41, 5.74) is 10.7. The monoisotopic (exact) mass is 393 g/mol. The molecule has 0 aliphatic rings. The Balaban J connectivity index is 2.52. The standard InChI is InChI=1S/C21H32ClN3O2/c1-6-19(25-21(22)23)14-15(3)24-11-13-27-20-9-8-18(10-12-26-7-2)16(4)17(20)5/h8-9,14,24H,3,6-7,10-13H2,1-2,4-5H3,(H2,23,25)/b19-14-. The molecular formula is C21H32ClN3O2. The van der Waals surface area contributed by atoms with Gasteiger partial charge in [-0.3, -0.25) is 0 Å². The molecule has 0 fully saturated rings. The van der Waals surface area contributed by atoms with Crippen LogP contribution >= 0.6 is 11.6 Å². The molecule has 1 aromatic rings. The topological polar surface area (TPSA) is 68.9 Å². The zero-order chi connectivity index (χ0) is 20.2. The van der Waals surface area contributed by atoms with Gasteiger partial charge in [-0.25, -0.2) is 4.99 Å². The van der Waals surface area contributed by atoms with E-state index in [9.17, 15) is 0 Å². The van der Waals surface area contributed by atoms with Crippen molar-refractivity contribution in [3.8, 4) is 5.75 Å².